The van der Waals surface area contributed by atoms with E-state index in [9.17, 15) is 18.0 Å². The molecule has 0 aliphatic carbocycles. The number of amides is 2. The summed E-state index contributed by atoms with van der Waals surface area (Å²) in [4.78, 5) is 28.9. The lowest BCUT2D eigenvalue weighted by molar-refractivity contribution is -0.140. The summed E-state index contributed by atoms with van der Waals surface area (Å²) in [6.07, 6.45) is 1.03. The Morgan fingerprint density at radius 1 is 0.905 bits per heavy atom. The Labute approximate surface area is 258 Å². The number of ether oxygens (including phenoxy) is 1. The molecule has 0 fully saturated rings. The van der Waals surface area contributed by atoms with Crippen LogP contribution in [0.25, 0.3) is 0 Å². The van der Waals surface area contributed by atoms with E-state index in [-0.39, 0.29) is 23.4 Å². The van der Waals surface area contributed by atoms with Crippen LogP contribution in [-0.4, -0.2) is 50.4 Å². The molecule has 0 saturated heterocycles. The lowest BCUT2D eigenvalue weighted by Gasteiger charge is -2.33. The van der Waals surface area contributed by atoms with Gasteiger partial charge >= 0.3 is 0 Å². The number of carbonyl (C=O) groups is 2. The Morgan fingerprint density at radius 3 is 2.14 bits per heavy atom. The molecule has 0 radical (unpaired) electrons. The summed E-state index contributed by atoms with van der Waals surface area (Å²) in [5.41, 5.74) is 0.958. The lowest BCUT2D eigenvalue weighted by atomic mass is 10.1. The highest BCUT2D eigenvalue weighted by Gasteiger charge is 2.34. The molecule has 0 aliphatic rings. The van der Waals surface area contributed by atoms with Crippen molar-refractivity contribution in [1.29, 1.82) is 0 Å². The minimum Gasteiger partial charge on any atom is -0.494 e. The van der Waals surface area contributed by atoms with E-state index in [0.29, 0.717) is 46.5 Å². The van der Waals surface area contributed by atoms with Gasteiger partial charge in [-0.1, -0.05) is 61.3 Å². The van der Waals surface area contributed by atoms with Gasteiger partial charge in [-0.05, 0) is 80.8 Å². The molecule has 3 aromatic carbocycles. The van der Waals surface area contributed by atoms with E-state index in [1.807, 2.05) is 27.7 Å². The maximum absolute atomic E-state index is 14.1. The van der Waals surface area contributed by atoms with Crippen LogP contribution in [0.1, 0.15) is 46.1 Å². The van der Waals surface area contributed by atoms with Crippen molar-refractivity contribution in [1.82, 2.24) is 10.2 Å². The molecule has 42 heavy (non-hydrogen) atoms. The van der Waals surface area contributed by atoms with Crippen LogP contribution in [0.4, 0.5) is 5.69 Å². The summed E-state index contributed by atoms with van der Waals surface area (Å²) in [7, 11) is -4.18. The normalized spacial score (nSPS) is 12.7. The van der Waals surface area contributed by atoms with Crippen molar-refractivity contribution in [3.63, 3.8) is 0 Å². The predicted octanol–water partition coefficient (Wildman–Crippen LogP) is 6.31. The summed E-state index contributed by atoms with van der Waals surface area (Å²) < 4.78 is 34.4. The second-order valence-electron chi connectivity index (χ2n) is 9.76. The number of hydrogen-bond acceptors (Lipinski definition) is 5. The first-order valence-electron chi connectivity index (χ1n) is 13.9. The van der Waals surface area contributed by atoms with E-state index < -0.39 is 28.5 Å². The van der Waals surface area contributed by atoms with Gasteiger partial charge in [0, 0.05) is 12.6 Å². The first kappa shape index (κ1) is 33.2. The highest BCUT2D eigenvalue weighted by atomic mass is 35.5. The maximum Gasteiger partial charge on any atom is 0.264 e. The summed E-state index contributed by atoms with van der Waals surface area (Å²) in [6.45, 7) is 7.41. The average Bonchev–Trinajstić information content (AvgIpc) is 2.98. The molecule has 2 amide bonds. The van der Waals surface area contributed by atoms with Crippen LogP contribution in [0, 0.1) is 0 Å². The van der Waals surface area contributed by atoms with Crippen molar-refractivity contribution in [2.75, 3.05) is 17.5 Å². The molecule has 8 nitrogen and oxygen atoms in total. The van der Waals surface area contributed by atoms with Crippen LogP contribution in [0.15, 0.2) is 77.7 Å². The number of sulfonamides is 1. The standard InChI is InChI=1S/C31H37Cl2N3O5S/c1-5-22(4)34-31(38)29(6-2)35(20-23-13-18-27(32)28(33)19-23)30(37)21-36(24-11-9-8-10-12-24)42(39,40)26-16-14-25(15-17-26)41-7-3/h8-19,22,29H,5-7,20-21H2,1-4H3,(H,34,38)/t22-,29+/m0/s1. The smallest absolute Gasteiger partial charge is 0.264 e. The third-order valence-electron chi connectivity index (χ3n) is 6.77. The van der Waals surface area contributed by atoms with Gasteiger partial charge < -0.3 is 15.0 Å². The van der Waals surface area contributed by atoms with E-state index in [1.165, 1.54) is 17.0 Å². The van der Waals surface area contributed by atoms with Crippen LogP contribution >= 0.6 is 23.2 Å². The number of nitrogens with one attached hydrogen (secondary N) is 1. The van der Waals surface area contributed by atoms with Gasteiger partial charge in [0.05, 0.1) is 27.2 Å². The molecule has 0 saturated carbocycles. The minimum absolute atomic E-state index is 0.000180. The fourth-order valence-electron chi connectivity index (χ4n) is 4.32. The zero-order chi connectivity index (χ0) is 30.9. The van der Waals surface area contributed by atoms with Crippen molar-refractivity contribution in [3.8, 4) is 5.75 Å². The van der Waals surface area contributed by atoms with Gasteiger partial charge in [-0.25, -0.2) is 8.42 Å². The number of carbonyl (C=O) groups excluding carboxylic acids is 2. The largest absolute Gasteiger partial charge is 0.494 e. The third kappa shape index (κ3) is 8.40. The molecule has 0 heterocycles. The van der Waals surface area contributed by atoms with E-state index in [4.69, 9.17) is 27.9 Å². The molecule has 1 N–H and O–H groups in total. The number of rotatable bonds is 14. The second-order valence-corrected chi connectivity index (χ2v) is 12.4. The van der Waals surface area contributed by atoms with Crippen molar-refractivity contribution in [2.45, 2.75) is 64.1 Å². The second kappa shape index (κ2) is 15.3. The Hall–Kier alpha value is -3.27. The summed E-state index contributed by atoms with van der Waals surface area (Å²) >= 11 is 12.4. The highest BCUT2D eigenvalue weighted by molar-refractivity contribution is 7.92. The highest BCUT2D eigenvalue weighted by Crippen LogP contribution is 2.27. The molecule has 226 valence electrons. The van der Waals surface area contributed by atoms with Crippen LogP contribution < -0.4 is 14.4 Å². The molecule has 0 aromatic heterocycles. The topological polar surface area (TPSA) is 96.0 Å². The zero-order valence-electron chi connectivity index (χ0n) is 24.2. The SMILES string of the molecule is CCOc1ccc(S(=O)(=O)N(CC(=O)N(Cc2ccc(Cl)c(Cl)c2)[C@H](CC)C(=O)N[C@@H](C)CC)c2ccccc2)cc1. The number of nitrogens with zero attached hydrogens (tertiary/aromatic N) is 2. The molecule has 3 aromatic rings. The van der Waals surface area contributed by atoms with Crippen molar-refractivity contribution < 1.29 is 22.7 Å². The first-order valence-corrected chi connectivity index (χ1v) is 16.1. The molecule has 11 heteroatoms. The fourth-order valence-corrected chi connectivity index (χ4v) is 6.05. The van der Waals surface area contributed by atoms with Gasteiger partial charge in [-0.2, -0.15) is 0 Å². The summed E-state index contributed by atoms with van der Waals surface area (Å²) in [6, 6.07) is 18.5. The Balaban J connectivity index is 2.04. The first-order chi connectivity index (χ1) is 20.0. The van der Waals surface area contributed by atoms with Crippen molar-refractivity contribution in [3.05, 3.63) is 88.4 Å². The van der Waals surface area contributed by atoms with Gasteiger partial charge in [0.1, 0.15) is 18.3 Å². The van der Waals surface area contributed by atoms with Crippen LogP contribution in [0.5, 0.6) is 5.75 Å². The van der Waals surface area contributed by atoms with Crippen LogP contribution in [0.2, 0.25) is 10.0 Å². The lowest BCUT2D eigenvalue weighted by Crippen LogP contribution is -2.53. The number of halogens is 2. The molecular formula is C31H37Cl2N3O5S. The Kier molecular flexibility index (Phi) is 12.1. The Morgan fingerprint density at radius 2 is 1.57 bits per heavy atom. The van der Waals surface area contributed by atoms with E-state index >= 15 is 0 Å². The molecule has 3 rings (SSSR count). The number of benzene rings is 3. The van der Waals surface area contributed by atoms with E-state index in [1.54, 1.807) is 60.7 Å². The Bertz CT molecular complexity index is 1450. The third-order valence-corrected chi connectivity index (χ3v) is 9.30. The molecule has 0 spiro atoms. The molecule has 0 unspecified atom stereocenters. The number of hydrogen-bond donors (Lipinski definition) is 1. The maximum atomic E-state index is 14.1. The van der Waals surface area contributed by atoms with E-state index in [2.05, 4.69) is 5.32 Å². The minimum atomic E-state index is -4.18. The fraction of sp³-hybridized carbons (Fsp3) is 0.355. The van der Waals surface area contributed by atoms with Crippen molar-refractivity contribution in [2.24, 2.45) is 0 Å². The van der Waals surface area contributed by atoms with Gasteiger partial charge in [0.2, 0.25) is 11.8 Å². The quantitative estimate of drug-likeness (QED) is 0.224. The molecular weight excluding hydrogens is 597 g/mol. The molecule has 0 aliphatic heterocycles. The zero-order valence-corrected chi connectivity index (χ0v) is 26.5. The molecule has 0 bridgehead atoms. The van der Waals surface area contributed by atoms with Crippen molar-refractivity contribution >= 4 is 50.7 Å². The number of para-hydroxylation sites is 1. The van der Waals surface area contributed by atoms with Crippen LogP contribution in [0.3, 0.4) is 0 Å². The van der Waals surface area contributed by atoms with Gasteiger partial charge in [-0.3, -0.25) is 13.9 Å². The van der Waals surface area contributed by atoms with Gasteiger partial charge in [0.15, 0.2) is 0 Å². The molecule has 2 atom stereocenters. The van der Waals surface area contributed by atoms with Gasteiger partial charge in [-0.15, -0.1) is 0 Å². The van der Waals surface area contributed by atoms with E-state index in [0.717, 1.165) is 4.31 Å². The monoisotopic (exact) mass is 633 g/mol. The predicted molar refractivity (Wildman–Crippen MR) is 168 cm³/mol. The summed E-state index contributed by atoms with van der Waals surface area (Å²) in [5.74, 6) is -0.337. The van der Waals surface area contributed by atoms with Gasteiger partial charge in [0.25, 0.3) is 10.0 Å². The number of anilines is 1. The summed E-state index contributed by atoms with van der Waals surface area (Å²) in [5, 5.41) is 3.62. The average molecular weight is 635 g/mol. The van der Waals surface area contributed by atoms with Crippen LogP contribution in [-0.2, 0) is 26.2 Å².